The third kappa shape index (κ3) is 2.24. The minimum absolute atomic E-state index is 1.12. The third-order valence-corrected chi connectivity index (χ3v) is 3.37. The Balaban J connectivity index is 2.22. The SMILES string of the molecule is CCCC1C(CCC)C1CCC. The van der Waals surface area contributed by atoms with E-state index in [9.17, 15) is 0 Å². The van der Waals surface area contributed by atoms with Gasteiger partial charge in [0.2, 0.25) is 0 Å². The van der Waals surface area contributed by atoms with Gasteiger partial charge in [0.05, 0.1) is 0 Å². The van der Waals surface area contributed by atoms with E-state index in [0.29, 0.717) is 0 Å². The molecule has 0 radical (unpaired) electrons. The molecule has 0 aromatic rings. The third-order valence-electron chi connectivity index (χ3n) is 3.37. The molecule has 1 fully saturated rings. The Hall–Kier alpha value is 0. The van der Waals surface area contributed by atoms with Crippen molar-refractivity contribution in [1.29, 1.82) is 0 Å². The monoisotopic (exact) mass is 168 g/mol. The van der Waals surface area contributed by atoms with E-state index in [2.05, 4.69) is 20.8 Å². The van der Waals surface area contributed by atoms with Gasteiger partial charge < -0.3 is 0 Å². The van der Waals surface area contributed by atoms with Gasteiger partial charge in [0.15, 0.2) is 0 Å². The van der Waals surface area contributed by atoms with Crippen molar-refractivity contribution in [2.45, 2.75) is 59.3 Å². The maximum absolute atomic E-state index is 2.32. The molecule has 1 saturated carbocycles. The lowest BCUT2D eigenvalue weighted by molar-refractivity contribution is 0.593. The summed E-state index contributed by atoms with van der Waals surface area (Å²) in [5.41, 5.74) is 0. The lowest BCUT2D eigenvalue weighted by Crippen LogP contribution is -1.80. The van der Waals surface area contributed by atoms with E-state index in [-0.39, 0.29) is 0 Å². The molecule has 0 heteroatoms. The van der Waals surface area contributed by atoms with Crippen LogP contribution in [-0.4, -0.2) is 0 Å². The highest BCUT2D eigenvalue weighted by atomic mass is 14.5. The van der Waals surface area contributed by atoms with Crippen molar-refractivity contribution in [1.82, 2.24) is 0 Å². The van der Waals surface area contributed by atoms with Gasteiger partial charge in [0, 0.05) is 0 Å². The summed E-state index contributed by atoms with van der Waals surface area (Å²) < 4.78 is 0. The average Bonchev–Trinajstić information content (AvgIpc) is 2.67. The summed E-state index contributed by atoms with van der Waals surface area (Å²) >= 11 is 0. The van der Waals surface area contributed by atoms with E-state index >= 15 is 0 Å². The fourth-order valence-corrected chi connectivity index (χ4v) is 2.81. The van der Waals surface area contributed by atoms with Crippen molar-refractivity contribution < 1.29 is 0 Å². The molecule has 1 aliphatic carbocycles. The van der Waals surface area contributed by atoms with Crippen molar-refractivity contribution in [3.63, 3.8) is 0 Å². The first kappa shape index (κ1) is 10.1. The summed E-state index contributed by atoms with van der Waals surface area (Å²) in [4.78, 5) is 0. The molecule has 0 aromatic carbocycles. The van der Waals surface area contributed by atoms with Gasteiger partial charge in [0.1, 0.15) is 0 Å². The summed E-state index contributed by atoms with van der Waals surface area (Å²) in [6, 6.07) is 0. The fourth-order valence-electron chi connectivity index (χ4n) is 2.81. The minimum Gasteiger partial charge on any atom is -0.0654 e. The van der Waals surface area contributed by atoms with Crippen LogP contribution in [0.5, 0.6) is 0 Å². The van der Waals surface area contributed by atoms with Crippen LogP contribution in [0.15, 0.2) is 0 Å². The molecule has 0 spiro atoms. The maximum Gasteiger partial charge on any atom is -0.0352 e. The largest absolute Gasteiger partial charge is 0.0654 e. The molecule has 72 valence electrons. The zero-order valence-electron chi connectivity index (χ0n) is 8.97. The minimum atomic E-state index is 1.12. The number of rotatable bonds is 6. The lowest BCUT2D eigenvalue weighted by atomic mass is 10.1. The summed E-state index contributed by atoms with van der Waals surface area (Å²) in [6.07, 6.45) is 8.67. The first-order valence-corrected chi connectivity index (χ1v) is 5.85. The normalized spacial score (nSPS) is 33.8. The van der Waals surface area contributed by atoms with Crippen LogP contribution in [0.3, 0.4) is 0 Å². The molecule has 0 bridgehead atoms. The summed E-state index contributed by atoms with van der Waals surface area (Å²) in [7, 11) is 0. The molecule has 1 aliphatic rings. The molecule has 0 atom stereocenters. The summed E-state index contributed by atoms with van der Waals surface area (Å²) in [6.45, 7) is 6.97. The number of hydrogen-bond donors (Lipinski definition) is 0. The molecule has 0 aromatic heterocycles. The highest BCUT2D eigenvalue weighted by Gasteiger charge is 2.46. The van der Waals surface area contributed by atoms with Crippen LogP contribution in [0.4, 0.5) is 0 Å². The fraction of sp³-hybridized carbons (Fsp3) is 1.00. The summed E-state index contributed by atoms with van der Waals surface area (Å²) in [5.74, 6) is 3.36. The van der Waals surface area contributed by atoms with Crippen LogP contribution < -0.4 is 0 Å². The summed E-state index contributed by atoms with van der Waals surface area (Å²) in [5, 5.41) is 0. The van der Waals surface area contributed by atoms with Crippen LogP contribution in [0.2, 0.25) is 0 Å². The first-order valence-electron chi connectivity index (χ1n) is 5.85. The van der Waals surface area contributed by atoms with E-state index in [1.807, 2.05) is 0 Å². The second-order valence-corrected chi connectivity index (χ2v) is 4.36. The van der Waals surface area contributed by atoms with Gasteiger partial charge in [-0.15, -0.1) is 0 Å². The van der Waals surface area contributed by atoms with E-state index in [4.69, 9.17) is 0 Å². The van der Waals surface area contributed by atoms with Crippen LogP contribution in [0.25, 0.3) is 0 Å². The van der Waals surface area contributed by atoms with Crippen molar-refractivity contribution in [3.05, 3.63) is 0 Å². The van der Waals surface area contributed by atoms with Crippen LogP contribution in [0.1, 0.15) is 59.3 Å². The Morgan fingerprint density at radius 2 is 0.833 bits per heavy atom. The quantitative estimate of drug-likeness (QED) is 0.556. The molecular weight excluding hydrogens is 144 g/mol. The van der Waals surface area contributed by atoms with Crippen LogP contribution in [-0.2, 0) is 0 Å². The Labute approximate surface area is 77.7 Å². The van der Waals surface area contributed by atoms with Gasteiger partial charge in [0.25, 0.3) is 0 Å². The standard InChI is InChI=1S/C12H24/c1-4-7-10-11(8-5-2)12(10)9-6-3/h10-12H,4-9H2,1-3H3. The Morgan fingerprint density at radius 3 is 1.00 bits per heavy atom. The second-order valence-electron chi connectivity index (χ2n) is 4.36. The zero-order chi connectivity index (χ0) is 8.97. The molecule has 0 unspecified atom stereocenters. The van der Waals surface area contributed by atoms with Crippen molar-refractivity contribution in [3.8, 4) is 0 Å². The van der Waals surface area contributed by atoms with Crippen molar-refractivity contribution in [2.75, 3.05) is 0 Å². The molecular formula is C12H24. The molecule has 0 saturated heterocycles. The van der Waals surface area contributed by atoms with E-state index < -0.39 is 0 Å². The van der Waals surface area contributed by atoms with Crippen molar-refractivity contribution >= 4 is 0 Å². The Kier molecular flexibility index (Phi) is 4.11. The van der Waals surface area contributed by atoms with Gasteiger partial charge in [-0.1, -0.05) is 59.3 Å². The maximum atomic E-state index is 2.32. The first-order chi connectivity index (χ1) is 5.85. The lowest BCUT2D eigenvalue weighted by Gasteiger charge is -1.92. The Bertz CT molecular complexity index is 87.4. The highest BCUT2D eigenvalue weighted by Crippen LogP contribution is 2.54. The van der Waals surface area contributed by atoms with E-state index in [1.54, 1.807) is 0 Å². The van der Waals surface area contributed by atoms with Gasteiger partial charge in [-0.2, -0.15) is 0 Å². The van der Waals surface area contributed by atoms with Gasteiger partial charge >= 0.3 is 0 Å². The van der Waals surface area contributed by atoms with E-state index in [0.717, 1.165) is 17.8 Å². The molecule has 1 rings (SSSR count). The topological polar surface area (TPSA) is 0 Å². The van der Waals surface area contributed by atoms with Crippen LogP contribution in [0, 0.1) is 17.8 Å². The predicted octanol–water partition coefficient (Wildman–Crippen LogP) is 4.25. The van der Waals surface area contributed by atoms with Crippen LogP contribution >= 0.6 is 0 Å². The highest BCUT2D eigenvalue weighted by molar-refractivity contribution is 4.95. The average molecular weight is 168 g/mol. The van der Waals surface area contributed by atoms with Gasteiger partial charge in [-0.05, 0) is 17.8 Å². The van der Waals surface area contributed by atoms with Gasteiger partial charge in [-0.25, -0.2) is 0 Å². The molecule has 0 amide bonds. The van der Waals surface area contributed by atoms with Gasteiger partial charge in [-0.3, -0.25) is 0 Å². The molecule has 0 nitrogen and oxygen atoms in total. The predicted molar refractivity (Wildman–Crippen MR) is 55.2 cm³/mol. The molecule has 0 aliphatic heterocycles. The molecule has 0 N–H and O–H groups in total. The molecule has 12 heavy (non-hydrogen) atoms. The number of hydrogen-bond acceptors (Lipinski definition) is 0. The Morgan fingerprint density at radius 1 is 0.583 bits per heavy atom. The second kappa shape index (κ2) is 4.89. The van der Waals surface area contributed by atoms with Crippen molar-refractivity contribution in [2.24, 2.45) is 17.8 Å². The molecule has 0 heterocycles. The smallest absolute Gasteiger partial charge is 0.0352 e. The zero-order valence-corrected chi connectivity index (χ0v) is 8.97. The van der Waals surface area contributed by atoms with E-state index in [1.165, 1.54) is 38.5 Å².